The standard InChI is InChI=1S/C24H29N7O2S2/c1-4-6-20(32)28-24(34)30-11-8-17(9-12-30)23-27-19(14-35-23)22(33)26-18-7-5-10-25-21(18)31-16(3)13-15(2)29-31/h5,7,10,13-14,17H,4,6,8-9,11-12H2,1-3H3,(H,26,33)(H,28,32,34). The Balaban J connectivity index is 1.38. The number of amides is 2. The second-order valence-corrected chi connectivity index (χ2v) is 9.88. The summed E-state index contributed by atoms with van der Waals surface area (Å²) in [4.78, 5) is 35.9. The largest absolute Gasteiger partial charge is 0.349 e. The van der Waals surface area contributed by atoms with Gasteiger partial charge >= 0.3 is 0 Å². The number of aromatic nitrogens is 4. The number of thiocarbonyl (C=S) groups is 1. The minimum atomic E-state index is -0.277. The number of pyridine rings is 1. The molecule has 35 heavy (non-hydrogen) atoms. The van der Waals surface area contributed by atoms with Crippen LogP contribution >= 0.6 is 23.6 Å². The van der Waals surface area contributed by atoms with E-state index in [2.05, 4.69) is 25.7 Å². The van der Waals surface area contributed by atoms with Crippen LogP contribution < -0.4 is 10.6 Å². The molecule has 11 heteroatoms. The lowest BCUT2D eigenvalue weighted by Gasteiger charge is -2.32. The van der Waals surface area contributed by atoms with Crippen LogP contribution in [0.4, 0.5) is 5.69 Å². The summed E-state index contributed by atoms with van der Waals surface area (Å²) in [6.45, 7) is 7.33. The van der Waals surface area contributed by atoms with Gasteiger partial charge in [-0.2, -0.15) is 5.10 Å². The Hall–Kier alpha value is -3.18. The maximum Gasteiger partial charge on any atom is 0.275 e. The molecule has 1 fully saturated rings. The van der Waals surface area contributed by atoms with Gasteiger partial charge in [-0.1, -0.05) is 6.92 Å². The van der Waals surface area contributed by atoms with Crippen LogP contribution in [0.2, 0.25) is 0 Å². The summed E-state index contributed by atoms with van der Waals surface area (Å²) in [5, 5.41) is 13.5. The first-order chi connectivity index (χ1) is 16.9. The zero-order valence-corrected chi connectivity index (χ0v) is 21.7. The summed E-state index contributed by atoms with van der Waals surface area (Å²) in [5.41, 5.74) is 2.77. The lowest BCUT2D eigenvalue weighted by Crippen LogP contribution is -2.45. The van der Waals surface area contributed by atoms with Crippen molar-refractivity contribution in [3.8, 4) is 5.82 Å². The number of carbonyl (C=O) groups excluding carboxylic acids is 2. The van der Waals surface area contributed by atoms with Crippen molar-refractivity contribution in [1.29, 1.82) is 0 Å². The molecule has 0 spiro atoms. The molecule has 1 aliphatic heterocycles. The number of hydrogen-bond acceptors (Lipinski definition) is 7. The third-order valence-corrected chi connectivity index (χ3v) is 7.22. The first-order valence-corrected chi connectivity index (χ1v) is 13.0. The van der Waals surface area contributed by atoms with E-state index in [1.165, 1.54) is 11.3 Å². The monoisotopic (exact) mass is 511 g/mol. The summed E-state index contributed by atoms with van der Waals surface area (Å²) in [5.74, 6) is 0.511. The van der Waals surface area contributed by atoms with E-state index in [1.54, 1.807) is 22.3 Å². The number of rotatable bonds is 6. The highest BCUT2D eigenvalue weighted by Gasteiger charge is 2.26. The topological polar surface area (TPSA) is 105 Å². The minimum Gasteiger partial charge on any atom is -0.349 e. The Kier molecular flexibility index (Phi) is 7.86. The number of hydrogen-bond donors (Lipinski definition) is 2. The van der Waals surface area contributed by atoms with Crippen LogP contribution in [0.1, 0.15) is 65.4 Å². The van der Waals surface area contributed by atoms with E-state index in [9.17, 15) is 9.59 Å². The Morgan fingerprint density at radius 3 is 2.71 bits per heavy atom. The summed E-state index contributed by atoms with van der Waals surface area (Å²) in [6, 6.07) is 5.55. The smallest absolute Gasteiger partial charge is 0.275 e. The normalized spacial score (nSPS) is 14.1. The summed E-state index contributed by atoms with van der Waals surface area (Å²) in [7, 11) is 0. The summed E-state index contributed by atoms with van der Waals surface area (Å²) < 4.78 is 1.72. The van der Waals surface area contributed by atoms with Crippen LogP contribution in [0.3, 0.4) is 0 Å². The van der Waals surface area contributed by atoms with Gasteiger partial charge in [-0.15, -0.1) is 11.3 Å². The number of nitrogens with zero attached hydrogens (tertiary/aromatic N) is 5. The number of aryl methyl sites for hydroxylation is 2. The predicted octanol–water partition coefficient (Wildman–Crippen LogP) is 3.97. The van der Waals surface area contributed by atoms with Gasteiger partial charge in [0.2, 0.25) is 5.91 Å². The molecule has 0 atom stereocenters. The fourth-order valence-electron chi connectivity index (χ4n) is 4.09. The molecule has 184 valence electrons. The van der Waals surface area contributed by atoms with Crippen LogP contribution in [-0.4, -0.2) is 54.7 Å². The highest BCUT2D eigenvalue weighted by atomic mass is 32.1. The van der Waals surface area contributed by atoms with Crippen molar-refractivity contribution in [2.45, 2.75) is 52.4 Å². The highest BCUT2D eigenvalue weighted by molar-refractivity contribution is 7.80. The SMILES string of the molecule is CCCC(=O)NC(=S)N1CCC(c2nc(C(=O)Nc3cccnc3-n3nc(C)cc3C)cs2)CC1. The molecule has 0 aromatic carbocycles. The molecule has 3 aromatic rings. The molecule has 4 heterocycles. The molecule has 0 saturated carbocycles. The van der Waals surface area contributed by atoms with Crippen molar-refractivity contribution >= 4 is 46.2 Å². The molecule has 0 unspecified atom stereocenters. The Bertz CT molecular complexity index is 1230. The Morgan fingerprint density at radius 1 is 1.26 bits per heavy atom. The van der Waals surface area contributed by atoms with Crippen molar-refractivity contribution in [3.05, 3.63) is 51.9 Å². The molecule has 0 radical (unpaired) electrons. The van der Waals surface area contributed by atoms with E-state index in [0.717, 1.165) is 48.7 Å². The predicted molar refractivity (Wildman–Crippen MR) is 140 cm³/mol. The Morgan fingerprint density at radius 2 is 2.03 bits per heavy atom. The molecular weight excluding hydrogens is 482 g/mol. The van der Waals surface area contributed by atoms with Gasteiger partial charge in [0.05, 0.1) is 16.4 Å². The lowest BCUT2D eigenvalue weighted by atomic mass is 9.98. The molecule has 2 N–H and O–H groups in total. The van der Waals surface area contributed by atoms with Gasteiger partial charge in [-0.3, -0.25) is 9.59 Å². The fourth-order valence-corrected chi connectivity index (χ4v) is 5.36. The van der Waals surface area contributed by atoms with Gasteiger partial charge < -0.3 is 15.5 Å². The van der Waals surface area contributed by atoms with E-state index in [1.807, 2.05) is 37.8 Å². The van der Waals surface area contributed by atoms with E-state index in [0.29, 0.717) is 28.7 Å². The van der Waals surface area contributed by atoms with Crippen molar-refractivity contribution in [2.24, 2.45) is 0 Å². The first-order valence-electron chi connectivity index (χ1n) is 11.7. The molecule has 2 amide bonds. The van der Waals surface area contributed by atoms with Crippen molar-refractivity contribution < 1.29 is 9.59 Å². The average molecular weight is 512 g/mol. The molecule has 0 aliphatic carbocycles. The Labute approximate surface area is 214 Å². The van der Waals surface area contributed by atoms with Crippen molar-refractivity contribution in [1.82, 2.24) is 30.0 Å². The second-order valence-electron chi connectivity index (χ2n) is 8.60. The van der Waals surface area contributed by atoms with Gasteiger partial charge in [0.25, 0.3) is 5.91 Å². The average Bonchev–Trinajstić information content (AvgIpc) is 3.46. The molecule has 1 aliphatic rings. The summed E-state index contributed by atoms with van der Waals surface area (Å²) in [6.07, 6.45) is 4.67. The van der Waals surface area contributed by atoms with Crippen LogP contribution in [0.5, 0.6) is 0 Å². The van der Waals surface area contributed by atoms with E-state index in [4.69, 9.17) is 12.2 Å². The van der Waals surface area contributed by atoms with Gasteiger partial charge in [-0.25, -0.2) is 14.6 Å². The van der Waals surface area contributed by atoms with E-state index >= 15 is 0 Å². The number of thiazole rings is 1. The molecular formula is C24H29N7O2S2. The van der Waals surface area contributed by atoms with Crippen LogP contribution in [0, 0.1) is 13.8 Å². The number of nitrogens with one attached hydrogen (secondary N) is 2. The molecule has 1 saturated heterocycles. The zero-order chi connectivity index (χ0) is 24.9. The third kappa shape index (κ3) is 5.91. The van der Waals surface area contributed by atoms with E-state index in [-0.39, 0.29) is 17.7 Å². The van der Waals surface area contributed by atoms with Crippen LogP contribution in [0.25, 0.3) is 5.82 Å². The highest BCUT2D eigenvalue weighted by Crippen LogP contribution is 2.31. The second kappa shape index (κ2) is 11.0. The first kappa shape index (κ1) is 24.9. The van der Waals surface area contributed by atoms with Crippen LogP contribution in [0.15, 0.2) is 29.8 Å². The number of carbonyl (C=O) groups is 2. The number of piperidine rings is 1. The van der Waals surface area contributed by atoms with Gasteiger partial charge in [-0.05, 0) is 63.5 Å². The van der Waals surface area contributed by atoms with Crippen molar-refractivity contribution in [3.63, 3.8) is 0 Å². The summed E-state index contributed by atoms with van der Waals surface area (Å²) >= 11 is 6.89. The zero-order valence-electron chi connectivity index (χ0n) is 20.1. The maximum absolute atomic E-state index is 13.0. The number of likely N-dealkylation sites (tertiary alicyclic amines) is 1. The maximum atomic E-state index is 13.0. The molecule has 0 bridgehead atoms. The third-order valence-electron chi connectivity index (χ3n) is 5.85. The molecule has 4 rings (SSSR count). The van der Waals surface area contributed by atoms with Crippen LogP contribution in [-0.2, 0) is 4.79 Å². The van der Waals surface area contributed by atoms with Gasteiger partial charge in [0.1, 0.15) is 5.69 Å². The number of anilines is 1. The fraction of sp³-hybridized carbons (Fsp3) is 0.417. The minimum absolute atomic E-state index is 0.0372. The van der Waals surface area contributed by atoms with Gasteiger partial charge in [0.15, 0.2) is 10.9 Å². The quantitative estimate of drug-likeness (QED) is 0.483. The van der Waals surface area contributed by atoms with E-state index < -0.39 is 0 Å². The molecule has 3 aromatic heterocycles. The molecule has 9 nitrogen and oxygen atoms in total. The van der Waals surface area contributed by atoms with Crippen molar-refractivity contribution in [2.75, 3.05) is 18.4 Å². The van der Waals surface area contributed by atoms with Gasteiger partial charge in [0, 0.05) is 42.7 Å². The lowest BCUT2D eigenvalue weighted by molar-refractivity contribution is -0.119.